The monoisotopic (exact) mass is 730 g/mol. The number of aromatic hydroxyl groups is 1. The van der Waals surface area contributed by atoms with Gasteiger partial charge in [-0.25, -0.2) is 0 Å². The van der Waals surface area contributed by atoms with Crippen molar-refractivity contribution in [2.75, 3.05) is 57.8 Å². The number of aromatic nitrogens is 3. The van der Waals surface area contributed by atoms with Gasteiger partial charge < -0.3 is 33.5 Å². The number of morpholine rings is 1. The number of hydrogen-bond acceptors (Lipinski definition) is 9. The number of nitrogens with zero attached hydrogens (tertiary/aromatic N) is 6. The number of hydrogen-bond donors (Lipinski definition) is 1. The smallest absolute Gasteiger partial charge is 0.264 e. The molecule has 4 aliphatic rings. The summed E-state index contributed by atoms with van der Waals surface area (Å²) < 4.78 is 26.4. The van der Waals surface area contributed by atoms with Crippen LogP contribution in [-0.2, 0) is 29.5 Å². The topological polar surface area (TPSA) is 124 Å². The van der Waals surface area contributed by atoms with Gasteiger partial charge in [-0.3, -0.25) is 24.1 Å². The van der Waals surface area contributed by atoms with Crippen LogP contribution in [0.4, 0.5) is 11.4 Å². The molecule has 2 fully saturated rings. The van der Waals surface area contributed by atoms with Gasteiger partial charge in [0, 0.05) is 68.1 Å². The molecule has 4 aliphatic heterocycles. The first-order valence-corrected chi connectivity index (χ1v) is 18.4. The predicted octanol–water partition coefficient (Wildman–Crippen LogP) is 5.08. The molecule has 0 bridgehead atoms. The Morgan fingerprint density at radius 1 is 0.907 bits per heavy atom. The fourth-order valence-corrected chi connectivity index (χ4v) is 7.85. The number of benzene rings is 3. The molecule has 278 valence electrons. The minimum atomic E-state index is -0.281. The van der Waals surface area contributed by atoms with Gasteiger partial charge in [-0.1, -0.05) is 24.3 Å². The quantitative estimate of drug-likeness (QED) is 0.233. The fourth-order valence-electron chi connectivity index (χ4n) is 7.85. The maximum atomic E-state index is 15.0. The van der Waals surface area contributed by atoms with Crippen LogP contribution >= 0.6 is 0 Å². The Kier molecular flexibility index (Phi) is 8.84. The first kappa shape index (κ1) is 34.2. The average Bonchev–Trinajstić information content (AvgIpc) is 3.90. The van der Waals surface area contributed by atoms with E-state index in [1.165, 1.54) is 5.56 Å². The van der Waals surface area contributed by atoms with Crippen molar-refractivity contribution in [3.05, 3.63) is 107 Å². The number of rotatable bonds is 8. The fraction of sp³-hybridized carbons (Fsp3) is 0.341. The second-order valence-electron chi connectivity index (χ2n) is 14.3. The lowest BCUT2D eigenvalue weighted by Crippen LogP contribution is -2.52. The maximum Gasteiger partial charge on any atom is 0.264 e. The first-order chi connectivity index (χ1) is 26.3. The molecular formula is C41H42N6O7. The van der Waals surface area contributed by atoms with Crippen molar-refractivity contribution in [2.45, 2.75) is 32.0 Å². The molecule has 0 saturated carbocycles. The first-order valence-electron chi connectivity index (χ1n) is 18.4. The van der Waals surface area contributed by atoms with Gasteiger partial charge in [0.25, 0.3) is 11.8 Å². The van der Waals surface area contributed by atoms with Crippen LogP contribution in [0, 0.1) is 6.92 Å². The molecule has 0 spiro atoms. The normalized spacial score (nSPS) is 18.3. The zero-order valence-corrected chi connectivity index (χ0v) is 30.3. The van der Waals surface area contributed by atoms with E-state index in [-0.39, 0.29) is 36.4 Å². The standard InChI is InChI=1S/C41H42N6O7/c1-26-34(41(50)47(29-7-9-33(48)10-8-29)31-19-42-46(22-31)32-23-52-24-32)16-37(43(26)2)35-17-38-39(54-25-53-38)18-36(35)40(49)45-20-28-6-4-3-5-27(28)15-30(45)21-44-11-13-51-14-12-44/h3-10,16-19,22,30,32,48H,11-15,20-21,23-25H2,1-2H3/t30-/m0/s1. The molecule has 9 rings (SSSR count). The van der Waals surface area contributed by atoms with E-state index in [2.05, 4.69) is 28.2 Å². The van der Waals surface area contributed by atoms with Crippen molar-refractivity contribution in [1.82, 2.24) is 24.1 Å². The summed E-state index contributed by atoms with van der Waals surface area (Å²) in [6, 6.07) is 20.4. The summed E-state index contributed by atoms with van der Waals surface area (Å²) in [6.45, 7) is 7.31. The zero-order chi connectivity index (χ0) is 36.9. The van der Waals surface area contributed by atoms with E-state index in [1.54, 1.807) is 41.4 Å². The van der Waals surface area contributed by atoms with Gasteiger partial charge in [0.05, 0.1) is 55.5 Å². The van der Waals surface area contributed by atoms with Gasteiger partial charge >= 0.3 is 0 Å². The molecule has 1 N–H and O–H groups in total. The Morgan fingerprint density at radius 3 is 2.39 bits per heavy atom. The number of amides is 2. The Hall–Kier alpha value is -5.63. The van der Waals surface area contributed by atoms with Crippen LogP contribution in [0.5, 0.6) is 17.2 Å². The number of phenolic OH excluding ortho intramolecular Hbond substituents is 1. The van der Waals surface area contributed by atoms with Crippen LogP contribution in [0.1, 0.15) is 43.6 Å². The number of ether oxygens (including phenoxy) is 4. The molecule has 0 radical (unpaired) electrons. The van der Waals surface area contributed by atoms with Crippen LogP contribution in [-0.4, -0.2) is 100.0 Å². The summed E-state index contributed by atoms with van der Waals surface area (Å²) in [5.74, 6) is 0.757. The molecule has 3 aromatic carbocycles. The molecule has 6 heterocycles. The summed E-state index contributed by atoms with van der Waals surface area (Å²) in [4.78, 5) is 35.8. The highest BCUT2D eigenvalue weighted by Gasteiger charge is 2.35. The van der Waals surface area contributed by atoms with Crippen molar-refractivity contribution < 1.29 is 33.6 Å². The molecular weight excluding hydrogens is 688 g/mol. The van der Waals surface area contributed by atoms with Crippen molar-refractivity contribution in [2.24, 2.45) is 7.05 Å². The number of carbonyl (C=O) groups excluding carboxylic acids is 2. The minimum absolute atomic E-state index is 0.0534. The van der Waals surface area contributed by atoms with Crippen molar-refractivity contribution >= 4 is 23.2 Å². The van der Waals surface area contributed by atoms with Gasteiger partial charge in [0.2, 0.25) is 6.79 Å². The molecule has 0 aliphatic carbocycles. The third-order valence-corrected chi connectivity index (χ3v) is 11.1. The Balaban J connectivity index is 1.11. The molecule has 0 unspecified atom stereocenters. The Labute approximate surface area is 312 Å². The highest BCUT2D eigenvalue weighted by atomic mass is 16.7. The van der Waals surface area contributed by atoms with E-state index in [4.69, 9.17) is 18.9 Å². The lowest BCUT2D eigenvalue weighted by Gasteiger charge is -2.40. The van der Waals surface area contributed by atoms with Crippen molar-refractivity contribution in [1.29, 1.82) is 0 Å². The lowest BCUT2D eigenvalue weighted by atomic mass is 9.92. The second-order valence-corrected chi connectivity index (χ2v) is 14.3. The van der Waals surface area contributed by atoms with E-state index in [9.17, 15) is 9.90 Å². The molecule has 13 heteroatoms. The second kappa shape index (κ2) is 14.0. The zero-order valence-electron chi connectivity index (χ0n) is 30.3. The number of phenols is 1. The minimum Gasteiger partial charge on any atom is -0.508 e. The van der Waals surface area contributed by atoms with E-state index in [0.29, 0.717) is 83.9 Å². The van der Waals surface area contributed by atoms with Crippen LogP contribution < -0.4 is 14.4 Å². The van der Waals surface area contributed by atoms with Crippen molar-refractivity contribution in [3.8, 4) is 28.5 Å². The summed E-state index contributed by atoms with van der Waals surface area (Å²) >= 11 is 0. The summed E-state index contributed by atoms with van der Waals surface area (Å²) in [5.41, 5.74) is 6.53. The number of fused-ring (bicyclic) bond motifs is 2. The Morgan fingerprint density at radius 2 is 1.65 bits per heavy atom. The van der Waals surface area contributed by atoms with Crippen LogP contribution in [0.15, 0.2) is 79.1 Å². The predicted molar refractivity (Wildman–Crippen MR) is 199 cm³/mol. The number of anilines is 2. The van der Waals surface area contributed by atoms with Gasteiger partial charge in [-0.2, -0.15) is 5.10 Å². The van der Waals surface area contributed by atoms with Crippen LogP contribution in [0.25, 0.3) is 11.3 Å². The SMILES string of the molecule is Cc1c(C(=O)N(c2ccc(O)cc2)c2cnn(C3COC3)c2)cc(-c2cc3c(cc2C(=O)N2Cc4ccccc4C[C@H]2CN2CCOCC2)OCO3)n1C. The third kappa shape index (κ3) is 6.17. The summed E-state index contributed by atoms with van der Waals surface area (Å²) in [7, 11) is 1.90. The van der Waals surface area contributed by atoms with Crippen LogP contribution in [0.3, 0.4) is 0 Å². The van der Waals surface area contributed by atoms with Gasteiger partial charge in [0.15, 0.2) is 11.5 Å². The van der Waals surface area contributed by atoms with Gasteiger partial charge in [0.1, 0.15) is 5.75 Å². The third-order valence-electron chi connectivity index (χ3n) is 11.1. The van der Waals surface area contributed by atoms with E-state index >= 15 is 4.79 Å². The molecule has 2 saturated heterocycles. The van der Waals surface area contributed by atoms with Crippen LogP contribution in [0.2, 0.25) is 0 Å². The summed E-state index contributed by atoms with van der Waals surface area (Å²) in [5, 5.41) is 14.6. The number of carbonyl (C=O) groups is 2. The molecule has 5 aromatic rings. The van der Waals surface area contributed by atoms with E-state index < -0.39 is 0 Å². The molecule has 2 aromatic heterocycles. The van der Waals surface area contributed by atoms with E-state index in [0.717, 1.165) is 31.6 Å². The Bertz CT molecular complexity index is 2220. The highest BCUT2D eigenvalue weighted by Crippen LogP contribution is 2.42. The maximum absolute atomic E-state index is 15.0. The van der Waals surface area contributed by atoms with E-state index in [1.807, 2.05) is 52.5 Å². The molecule has 2 amide bonds. The molecule has 13 nitrogen and oxygen atoms in total. The van der Waals surface area contributed by atoms with Crippen molar-refractivity contribution in [3.63, 3.8) is 0 Å². The highest BCUT2D eigenvalue weighted by molar-refractivity contribution is 6.12. The van der Waals surface area contributed by atoms with Gasteiger partial charge in [-0.15, -0.1) is 0 Å². The lowest BCUT2D eigenvalue weighted by molar-refractivity contribution is -0.0286. The average molecular weight is 731 g/mol. The largest absolute Gasteiger partial charge is 0.508 e. The molecule has 1 atom stereocenters. The summed E-state index contributed by atoms with van der Waals surface area (Å²) in [6.07, 6.45) is 4.26. The van der Waals surface area contributed by atoms with Gasteiger partial charge in [-0.05, 0) is 66.9 Å². The molecule has 54 heavy (non-hydrogen) atoms.